The van der Waals surface area contributed by atoms with Gasteiger partial charge in [-0.3, -0.25) is 9.59 Å². The molecular weight excluding hydrogens is 408 g/mol. The lowest BCUT2D eigenvalue weighted by Gasteiger charge is -2.44. The highest BCUT2D eigenvalue weighted by molar-refractivity contribution is 7.10. The van der Waals surface area contributed by atoms with Crippen LogP contribution >= 0.6 is 11.3 Å². The van der Waals surface area contributed by atoms with Crippen LogP contribution in [0.15, 0.2) is 35.7 Å². The van der Waals surface area contributed by atoms with Crippen LogP contribution in [0.25, 0.3) is 0 Å². The van der Waals surface area contributed by atoms with Gasteiger partial charge in [0.2, 0.25) is 11.8 Å². The predicted molar refractivity (Wildman–Crippen MR) is 121 cm³/mol. The fourth-order valence-electron chi connectivity index (χ4n) is 5.26. The molecule has 0 N–H and O–H groups in total. The maximum atomic E-state index is 13.2. The number of benzene rings is 1. The Labute approximate surface area is 188 Å². The van der Waals surface area contributed by atoms with Gasteiger partial charge in [0, 0.05) is 37.5 Å². The number of thiophene rings is 1. The van der Waals surface area contributed by atoms with E-state index in [1.54, 1.807) is 11.3 Å². The van der Waals surface area contributed by atoms with E-state index in [-0.39, 0.29) is 23.3 Å². The number of carbonyl (C=O) groups is 2. The molecular formula is C25H30N2O3S. The number of carbonyl (C=O) groups excluding carboxylic acids is 2. The van der Waals surface area contributed by atoms with Crippen molar-refractivity contribution in [3.63, 3.8) is 0 Å². The summed E-state index contributed by atoms with van der Waals surface area (Å²) in [6.45, 7) is 5.43. The maximum absolute atomic E-state index is 13.2. The Kier molecular flexibility index (Phi) is 5.61. The summed E-state index contributed by atoms with van der Waals surface area (Å²) in [7, 11) is 0. The molecule has 1 atom stereocenters. The summed E-state index contributed by atoms with van der Waals surface area (Å²) in [4.78, 5) is 31.0. The van der Waals surface area contributed by atoms with Crippen LogP contribution in [-0.4, -0.2) is 47.9 Å². The van der Waals surface area contributed by atoms with E-state index in [2.05, 4.69) is 42.6 Å². The summed E-state index contributed by atoms with van der Waals surface area (Å²) in [6, 6.07) is 10.6. The Bertz CT molecular complexity index is 959. The molecule has 1 spiro atoms. The molecule has 0 bridgehead atoms. The summed E-state index contributed by atoms with van der Waals surface area (Å²) in [5.41, 5.74) is 3.63. The van der Waals surface area contributed by atoms with Gasteiger partial charge in [-0.25, -0.2) is 0 Å². The zero-order valence-electron chi connectivity index (χ0n) is 18.1. The van der Waals surface area contributed by atoms with Crippen molar-refractivity contribution in [3.05, 3.63) is 57.3 Å². The van der Waals surface area contributed by atoms with Gasteiger partial charge in [-0.1, -0.05) is 31.2 Å². The van der Waals surface area contributed by atoms with Crippen LogP contribution in [0, 0.1) is 5.92 Å². The molecule has 3 aliphatic heterocycles. The number of hydrogen-bond acceptors (Lipinski definition) is 4. The Morgan fingerprint density at radius 1 is 1.16 bits per heavy atom. The molecule has 4 heterocycles. The highest BCUT2D eigenvalue weighted by atomic mass is 32.1. The van der Waals surface area contributed by atoms with E-state index < -0.39 is 0 Å². The second-order valence-electron chi connectivity index (χ2n) is 9.04. The van der Waals surface area contributed by atoms with Crippen LogP contribution in [0.3, 0.4) is 0 Å². The molecule has 0 aliphatic carbocycles. The van der Waals surface area contributed by atoms with Crippen molar-refractivity contribution in [2.75, 3.05) is 26.2 Å². The van der Waals surface area contributed by atoms with E-state index >= 15 is 0 Å². The van der Waals surface area contributed by atoms with E-state index in [1.165, 1.54) is 16.0 Å². The van der Waals surface area contributed by atoms with Gasteiger partial charge in [-0.2, -0.15) is 0 Å². The van der Waals surface area contributed by atoms with E-state index in [1.807, 2.05) is 9.80 Å². The number of rotatable bonds is 4. The number of likely N-dealkylation sites (tertiary alicyclic amines) is 2. The molecule has 2 aromatic rings. The molecule has 31 heavy (non-hydrogen) atoms. The average molecular weight is 439 g/mol. The number of amides is 2. The smallest absolute Gasteiger partial charge is 0.227 e. The number of ether oxygens (including phenoxy) is 1. The first kappa shape index (κ1) is 20.7. The zero-order valence-corrected chi connectivity index (χ0v) is 19.0. The lowest BCUT2D eigenvalue weighted by molar-refractivity contribution is -0.144. The number of nitrogens with zero attached hydrogens (tertiary/aromatic N) is 2. The largest absolute Gasteiger partial charge is 0.369 e. The number of fused-ring (bicyclic) bond motifs is 2. The van der Waals surface area contributed by atoms with Crippen molar-refractivity contribution in [3.8, 4) is 0 Å². The van der Waals surface area contributed by atoms with E-state index in [4.69, 9.17) is 4.74 Å². The monoisotopic (exact) mass is 438 g/mol. The summed E-state index contributed by atoms with van der Waals surface area (Å²) < 4.78 is 6.27. The van der Waals surface area contributed by atoms with Crippen molar-refractivity contribution < 1.29 is 14.3 Å². The van der Waals surface area contributed by atoms with Gasteiger partial charge in [-0.05, 0) is 53.8 Å². The molecule has 2 fully saturated rings. The highest BCUT2D eigenvalue weighted by Gasteiger charge is 2.44. The molecule has 5 nitrogen and oxygen atoms in total. The number of hydrogen-bond donors (Lipinski definition) is 0. The molecule has 2 amide bonds. The topological polar surface area (TPSA) is 49.9 Å². The van der Waals surface area contributed by atoms with E-state index in [0.29, 0.717) is 32.6 Å². The molecule has 0 saturated carbocycles. The molecule has 2 saturated heterocycles. The van der Waals surface area contributed by atoms with Crippen molar-refractivity contribution in [2.45, 2.75) is 51.2 Å². The third-order valence-corrected chi connectivity index (χ3v) is 8.30. The first-order valence-corrected chi connectivity index (χ1v) is 12.3. The minimum atomic E-state index is -0.221. The lowest BCUT2D eigenvalue weighted by atomic mass is 9.85. The van der Waals surface area contributed by atoms with Crippen LogP contribution in [-0.2, 0) is 39.3 Å². The summed E-state index contributed by atoms with van der Waals surface area (Å²) >= 11 is 1.79. The summed E-state index contributed by atoms with van der Waals surface area (Å²) in [6.07, 6.45) is 4.03. The van der Waals surface area contributed by atoms with Gasteiger partial charge in [0.05, 0.1) is 12.5 Å². The quantitative estimate of drug-likeness (QED) is 0.731. The Balaban J connectivity index is 1.19. The van der Waals surface area contributed by atoms with Gasteiger partial charge in [-0.15, -0.1) is 11.3 Å². The van der Waals surface area contributed by atoms with Gasteiger partial charge < -0.3 is 14.5 Å². The fourth-order valence-corrected chi connectivity index (χ4v) is 6.43. The predicted octanol–water partition coefficient (Wildman–Crippen LogP) is 3.75. The van der Waals surface area contributed by atoms with Crippen LogP contribution in [0.4, 0.5) is 0 Å². The number of piperidine rings is 1. The molecule has 3 aliphatic rings. The van der Waals surface area contributed by atoms with Gasteiger partial charge in [0.15, 0.2) is 0 Å². The summed E-state index contributed by atoms with van der Waals surface area (Å²) in [5, 5.41) is 2.16. The second-order valence-corrected chi connectivity index (χ2v) is 9.95. The first-order chi connectivity index (χ1) is 15.1. The van der Waals surface area contributed by atoms with Crippen LogP contribution < -0.4 is 0 Å². The van der Waals surface area contributed by atoms with Crippen molar-refractivity contribution in [1.29, 1.82) is 0 Å². The average Bonchev–Trinajstić information content (AvgIpc) is 3.42. The van der Waals surface area contributed by atoms with Crippen molar-refractivity contribution >= 4 is 23.2 Å². The molecule has 164 valence electrons. The Morgan fingerprint density at radius 2 is 1.90 bits per heavy atom. The molecule has 0 radical (unpaired) electrons. The molecule has 1 aromatic carbocycles. The Morgan fingerprint density at radius 3 is 2.65 bits per heavy atom. The third kappa shape index (κ3) is 3.92. The van der Waals surface area contributed by atoms with Gasteiger partial charge >= 0.3 is 0 Å². The fraction of sp³-hybridized carbons (Fsp3) is 0.520. The summed E-state index contributed by atoms with van der Waals surface area (Å²) in [5.74, 6) is 0.000482. The third-order valence-electron chi connectivity index (χ3n) is 7.16. The molecule has 1 unspecified atom stereocenters. The van der Waals surface area contributed by atoms with Crippen LogP contribution in [0.1, 0.15) is 47.8 Å². The zero-order chi connectivity index (χ0) is 21.4. The van der Waals surface area contributed by atoms with Gasteiger partial charge in [0.1, 0.15) is 5.60 Å². The minimum Gasteiger partial charge on any atom is -0.369 e. The molecule has 1 aromatic heterocycles. The second kappa shape index (κ2) is 8.40. The SMILES string of the molecule is CCc1ccc(CN2CC(C(=O)N3CCC4(CC3)OCCc3ccsc34)CC2=O)cc1. The Hall–Kier alpha value is -2.18. The highest BCUT2D eigenvalue weighted by Crippen LogP contribution is 2.44. The molecule has 5 rings (SSSR count). The van der Waals surface area contributed by atoms with Crippen LogP contribution in [0.5, 0.6) is 0 Å². The van der Waals surface area contributed by atoms with Crippen molar-refractivity contribution in [1.82, 2.24) is 9.80 Å². The first-order valence-electron chi connectivity index (χ1n) is 11.4. The lowest BCUT2D eigenvalue weighted by Crippen LogP contribution is -2.49. The number of aryl methyl sites for hydroxylation is 1. The molecule has 6 heteroatoms. The van der Waals surface area contributed by atoms with Crippen LogP contribution in [0.2, 0.25) is 0 Å². The maximum Gasteiger partial charge on any atom is 0.227 e. The van der Waals surface area contributed by atoms with E-state index in [9.17, 15) is 9.59 Å². The standard InChI is InChI=1S/C25H30N2O3S/c1-2-18-3-5-19(6-4-18)16-27-17-21(15-22(27)28)24(29)26-11-9-25(10-12-26)23-20(7-13-30-25)8-14-31-23/h3-6,8,14,21H,2,7,9-13,15-17H2,1H3. The van der Waals surface area contributed by atoms with Gasteiger partial charge in [0.25, 0.3) is 0 Å². The van der Waals surface area contributed by atoms with E-state index in [0.717, 1.165) is 37.9 Å². The van der Waals surface area contributed by atoms with Crippen molar-refractivity contribution in [2.24, 2.45) is 5.92 Å². The minimum absolute atomic E-state index is 0.0882. The normalized spacial score (nSPS) is 22.7.